The number of fused-ring (bicyclic) bond motifs is 1. The lowest BCUT2D eigenvalue weighted by Crippen LogP contribution is -2.67. The van der Waals surface area contributed by atoms with E-state index in [-0.39, 0.29) is 22.7 Å². The Labute approximate surface area is 269 Å². The molecule has 45 heavy (non-hydrogen) atoms. The molecule has 2 fully saturated rings. The van der Waals surface area contributed by atoms with Gasteiger partial charge in [0.25, 0.3) is 13.9 Å². The SMILES string of the molecule is CC(C)(C)[Si](OC[C@H]1O[C@@H](n2cc(Br)c(=O)[nH]c2=O)[C@H]2[C@@H]1OC(=O)N2OCc1ccccc1)(c1ccccc1)c1ccccc1. The highest BCUT2D eigenvalue weighted by Crippen LogP contribution is 2.42. The maximum Gasteiger partial charge on any atom is 0.434 e. The van der Waals surface area contributed by atoms with Gasteiger partial charge in [-0.2, -0.15) is 5.06 Å². The number of carbonyl (C=O) groups excluding carboxylic acids is 1. The van der Waals surface area contributed by atoms with Gasteiger partial charge in [-0.15, -0.1) is 0 Å². The average Bonchev–Trinajstić information content (AvgIpc) is 3.54. The first-order valence-electron chi connectivity index (χ1n) is 14.7. The molecule has 2 aliphatic rings. The highest BCUT2D eigenvalue weighted by atomic mass is 79.9. The summed E-state index contributed by atoms with van der Waals surface area (Å²) < 4.78 is 20.9. The number of amides is 1. The number of aromatic nitrogens is 2. The zero-order chi connectivity index (χ0) is 31.8. The van der Waals surface area contributed by atoms with Gasteiger partial charge < -0.3 is 13.9 Å². The van der Waals surface area contributed by atoms with Crippen molar-refractivity contribution >= 4 is 40.7 Å². The fourth-order valence-electron chi connectivity index (χ4n) is 6.24. The Bertz CT molecular complexity index is 1720. The Morgan fingerprint density at radius 1 is 0.889 bits per heavy atom. The molecule has 1 aromatic heterocycles. The van der Waals surface area contributed by atoms with Crippen LogP contribution in [0.25, 0.3) is 0 Å². The minimum Gasteiger partial charge on any atom is -0.439 e. The molecule has 0 aliphatic carbocycles. The summed E-state index contributed by atoms with van der Waals surface area (Å²) in [5.41, 5.74) is -0.420. The lowest BCUT2D eigenvalue weighted by molar-refractivity contribution is -0.169. The first-order valence-corrected chi connectivity index (χ1v) is 17.4. The number of hydrogen-bond donors (Lipinski definition) is 1. The van der Waals surface area contributed by atoms with Crippen LogP contribution >= 0.6 is 15.9 Å². The number of benzene rings is 3. The molecular formula is C33H34BrN3O7Si. The quantitative estimate of drug-likeness (QED) is 0.263. The summed E-state index contributed by atoms with van der Waals surface area (Å²) in [5.74, 6) is 0. The molecule has 2 saturated heterocycles. The molecule has 0 radical (unpaired) electrons. The second-order valence-electron chi connectivity index (χ2n) is 12.1. The average molecular weight is 693 g/mol. The maximum atomic E-state index is 13.3. The van der Waals surface area contributed by atoms with Crippen LogP contribution in [0.15, 0.2) is 111 Å². The first-order chi connectivity index (χ1) is 21.6. The predicted octanol–water partition coefficient (Wildman–Crippen LogP) is 4.09. The number of H-pyrrole nitrogens is 1. The summed E-state index contributed by atoms with van der Waals surface area (Å²) in [5, 5.41) is 3.01. The molecule has 0 spiro atoms. The Morgan fingerprint density at radius 3 is 2.04 bits per heavy atom. The molecule has 3 aromatic carbocycles. The lowest BCUT2D eigenvalue weighted by atomic mass is 10.1. The number of carbonyl (C=O) groups is 1. The van der Waals surface area contributed by atoms with Crippen molar-refractivity contribution in [3.8, 4) is 0 Å². The maximum absolute atomic E-state index is 13.3. The monoisotopic (exact) mass is 691 g/mol. The minimum atomic E-state index is -2.97. The number of rotatable bonds is 9. The lowest BCUT2D eigenvalue weighted by Gasteiger charge is -2.43. The summed E-state index contributed by atoms with van der Waals surface area (Å²) in [7, 11) is -2.97. The molecule has 234 valence electrons. The largest absolute Gasteiger partial charge is 0.439 e. The van der Waals surface area contributed by atoms with Gasteiger partial charge in [0, 0.05) is 6.20 Å². The number of hydroxylamine groups is 2. The standard InChI is InChI=1S/C33H34BrN3O7Si/c1-33(2,3)45(23-15-9-5-10-16-23,24-17-11-6-12-18-24)42-21-26-28-27(30(43-26)36-19-25(34)29(38)35-31(36)39)37(32(40)44-28)41-20-22-13-7-4-8-14-22/h4-19,26-28,30H,20-21H2,1-3H3,(H,35,38,39)/t26-,27-,28-,30-/m1/s1. The third-order valence-electron chi connectivity index (χ3n) is 8.29. The number of aromatic amines is 1. The molecule has 0 unspecified atom stereocenters. The van der Waals surface area contributed by atoms with E-state index in [1.807, 2.05) is 66.7 Å². The first kappa shape index (κ1) is 31.2. The Morgan fingerprint density at radius 2 is 1.47 bits per heavy atom. The van der Waals surface area contributed by atoms with Crippen LogP contribution in [0.4, 0.5) is 4.79 Å². The van der Waals surface area contributed by atoms with Crippen molar-refractivity contribution in [2.75, 3.05) is 6.61 Å². The number of hydrogen-bond acceptors (Lipinski definition) is 7. The third kappa shape index (κ3) is 5.84. The van der Waals surface area contributed by atoms with Crippen molar-refractivity contribution in [1.29, 1.82) is 0 Å². The summed E-state index contributed by atoms with van der Waals surface area (Å²) in [6.45, 7) is 6.69. The van der Waals surface area contributed by atoms with Crippen LogP contribution in [0, 0.1) is 0 Å². The molecule has 12 heteroatoms. The fraction of sp³-hybridized carbons (Fsp3) is 0.303. The van der Waals surface area contributed by atoms with Gasteiger partial charge in [0.1, 0.15) is 18.8 Å². The van der Waals surface area contributed by atoms with Crippen molar-refractivity contribution < 1.29 is 23.5 Å². The highest BCUT2D eigenvalue weighted by Gasteiger charge is 2.60. The molecule has 3 heterocycles. The van der Waals surface area contributed by atoms with Gasteiger partial charge in [0.2, 0.25) is 0 Å². The summed E-state index contributed by atoms with van der Waals surface area (Å²) in [6.07, 6.45) is -1.96. The van der Waals surface area contributed by atoms with Crippen LogP contribution in [0.1, 0.15) is 32.6 Å². The molecule has 1 N–H and O–H groups in total. The molecule has 6 rings (SSSR count). The van der Waals surface area contributed by atoms with Crippen LogP contribution in [0.5, 0.6) is 0 Å². The number of ether oxygens (including phenoxy) is 2. The van der Waals surface area contributed by atoms with E-state index in [1.54, 1.807) is 0 Å². The predicted molar refractivity (Wildman–Crippen MR) is 174 cm³/mol. The summed E-state index contributed by atoms with van der Waals surface area (Å²) in [4.78, 5) is 46.8. The van der Waals surface area contributed by atoms with Gasteiger partial charge in [-0.3, -0.25) is 19.2 Å². The fourth-order valence-corrected chi connectivity index (χ4v) is 11.1. The van der Waals surface area contributed by atoms with Gasteiger partial charge in [-0.1, -0.05) is 112 Å². The van der Waals surface area contributed by atoms with E-state index in [0.717, 1.165) is 21.0 Å². The van der Waals surface area contributed by atoms with Crippen LogP contribution in [-0.4, -0.2) is 53.9 Å². The smallest absolute Gasteiger partial charge is 0.434 e. The van der Waals surface area contributed by atoms with Gasteiger partial charge in [-0.25, -0.2) is 9.59 Å². The van der Waals surface area contributed by atoms with Crippen molar-refractivity contribution in [1.82, 2.24) is 14.6 Å². The second-order valence-corrected chi connectivity index (χ2v) is 17.3. The van der Waals surface area contributed by atoms with Crippen molar-refractivity contribution in [3.63, 3.8) is 0 Å². The molecule has 10 nitrogen and oxygen atoms in total. The zero-order valence-electron chi connectivity index (χ0n) is 25.1. The third-order valence-corrected chi connectivity index (χ3v) is 13.9. The molecule has 4 atom stereocenters. The van der Waals surface area contributed by atoms with Crippen LogP contribution in [0.2, 0.25) is 5.04 Å². The van der Waals surface area contributed by atoms with E-state index in [2.05, 4.69) is 66.0 Å². The van der Waals surface area contributed by atoms with Crippen LogP contribution < -0.4 is 21.6 Å². The molecule has 4 aromatic rings. The van der Waals surface area contributed by atoms with E-state index in [1.165, 1.54) is 10.8 Å². The van der Waals surface area contributed by atoms with E-state index in [9.17, 15) is 14.4 Å². The Balaban J connectivity index is 1.37. The van der Waals surface area contributed by atoms with Crippen molar-refractivity contribution in [3.05, 3.63) is 128 Å². The molecule has 1 amide bonds. The second kappa shape index (κ2) is 12.5. The normalized spacial score (nSPS) is 21.5. The van der Waals surface area contributed by atoms with E-state index in [4.69, 9.17) is 18.7 Å². The van der Waals surface area contributed by atoms with E-state index >= 15 is 0 Å². The topological polar surface area (TPSA) is 112 Å². The van der Waals surface area contributed by atoms with Crippen molar-refractivity contribution in [2.45, 2.75) is 56.9 Å². The Kier molecular flexibility index (Phi) is 8.68. The summed E-state index contributed by atoms with van der Waals surface area (Å²) >= 11 is 3.21. The highest BCUT2D eigenvalue weighted by molar-refractivity contribution is 9.10. The molecule has 2 aliphatic heterocycles. The molecular weight excluding hydrogens is 658 g/mol. The van der Waals surface area contributed by atoms with Crippen LogP contribution in [0.3, 0.4) is 0 Å². The summed E-state index contributed by atoms with van der Waals surface area (Å²) in [6, 6.07) is 28.9. The van der Waals surface area contributed by atoms with Gasteiger partial charge in [0.15, 0.2) is 12.3 Å². The molecule has 0 bridgehead atoms. The number of nitrogens with zero attached hydrogens (tertiary/aromatic N) is 2. The minimum absolute atomic E-state index is 0.0734. The van der Waals surface area contributed by atoms with Gasteiger partial charge >= 0.3 is 11.8 Å². The van der Waals surface area contributed by atoms with Gasteiger partial charge in [-0.05, 0) is 36.9 Å². The number of halogens is 1. The van der Waals surface area contributed by atoms with E-state index < -0.39 is 50.1 Å². The molecule has 0 saturated carbocycles. The Hall–Kier alpha value is -3.81. The van der Waals surface area contributed by atoms with Crippen LogP contribution in [-0.2, 0) is 25.3 Å². The van der Waals surface area contributed by atoms with Gasteiger partial charge in [0.05, 0.1) is 11.1 Å². The number of nitrogens with one attached hydrogen (secondary N) is 1. The van der Waals surface area contributed by atoms with E-state index in [0.29, 0.717) is 0 Å². The van der Waals surface area contributed by atoms with Crippen molar-refractivity contribution in [2.24, 2.45) is 0 Å². The zero-order valence-corrected chi connectivity index (χ0v) is 27.7.